The number of halogens is 1. The van der Waals surface area contributed by atoms with Crippen molar-refractivity contribution in [3.63, 3.8) is 0 Å². The summed E-state index contributed by atoms with van der Waals surface area (Å²) >= 11 is 9.48. The molecule has 2 atom stereocenters. The van der Waals surface area contributed by atoms with Gasteiger partial charge in [-0.25, -0.2) is 0 Å². The number of carbonyl (C=O) groups excluding carboxylic acids is 1. The summed E-state index contributed by atoms with van der Waals surface area (Å²) in [5, 5.41) is 6.99. The number of amides is 1. The zero-order valence-corrected chi connectivity index (χ0v) is 22.6. The van der Waals surface area contributed by atoms with Crippen LogP contribution in [-0.2, 0) is 4.79 Å². The predicted octanol–water partition coefficient (Wildman–Crippen LogP) is 6.39. The van der Waals surface area contributed by atoms with Crippen LogP contribution in [0.3, 0.4) is 0 Å². The van der Waals surface area contributed by atoms with Gasteiger partial charge in [0.2, 0.25) is 5.91 Å². The van der Waals surface area contributed by atoms with Gasteiger partial charge in [0.05, 0.1) is 17.8 Å². The van der Waals surface area contributed by atoms with E-state index >= 15 is 0 Å². The fourth-order valence-electron chi connectivity index (χ4n) is 4.96. The number of aryl methyl sites for hydroxylation is 1. The van der Waals surface area contributed by atoms with E-state index in [0.717, 1.165) is 38.6 Å². The van der Waals surface area contributed by atoms with Gasteiger partial charge >= 0.3 is 0 Å². The van der Waals surface area contributed by atoms with Crippen LogP contribution >= 0.6 is 28.1 Å². The number of pyridine rings is 1. The zero-order valence-electron chi connectivity index (χ0n) is 20.2. The highest BCUT2D eigenvalue weighted by atomic mass is 79.9. The van der Waals surface area contributed by atoms with Gasteiger partial charge < -0.3 is 20.1 Å². The molecule has 0 unspecified atom stereocenters. The van der Waals surface area contributed by atoms with Gasteiger partial charge in [0.1, 0.15) is 0 Å². The van der Waals surface area contributed by atoms with Crippen LogP contribution in [0.25, 0.3) is 5.69 Å². The molecule has 0 spiro atoms. The van der Waals surface area contributed by atoms with Crippen molar-refractivity contribution in [1.29, 1.82) is 0 Å². The Morgan fingerprint density at radius 2 is 1.81 bits per heavy atom. The van der Waals surface area contributed by atoms with Crippen molar-refractivity contribution in [2.24, 2.45) is 0 Å². The highest BCUT2D eigenvalue weighted by Crippen LogP contribution is 2.44. The van der Waals surface area contributed by atoms with Crippen LogP contribution in [0.2, 0.25) is 0 Å². The number of hydrogen-bond donors (Lipinski definition) is 2. The van der Waals surface area contributed by atoms with Crippen molar-refractivity contribution in [3.05, 3.63) is 106 Å². The summed E-state index contributed by atoms with van der Waals surface area (Å²) in [4.78, 5) is 18.3. The lowest BCUT2D eigenvalue weighted by atomic mass is 9.96. The summed E-state index contributed by atoms with van der Waals surface area (Å²) < 4.78 is 3.31. The minimum atomic E-state index is -0.134. The van der Waals surface area contributed by atoms with E-state index in [4.69, 9.17) is 12.2 Å². The molecule has 1 saturated heterocycles. The van der Waals surface area contributed by atoms with Crippen molar-refractivity contribution in [3.8, 4) is 5.69 Å². The molecule has 36 heavy (non-hydrogen) atoms. The molecule has 0 aliphatic carbocycles. The van der Waals surface area contributed by atoms with E-state index < -0.39 is 0 Å². The first-order valence-electron chi connectivity index (χ1n) is 11.7. The standard InChI is InChI=1S/C28H26BrN5OS/c1-17-15-24(18(2)33(17)23-8-6-7-20(29)16-23)27-26(25-9-4-5-14-30-25)32-28(36)34(27)22-12-10-21(11-13-22)31-19(3)35/h4-16,26-27H,1-3H3,(H,31,35)(H,32,36)/t26-,27-/m0/s1. The number of hydrogen-bond acceptors (Lipinski definition) is 3. The molecule has 4 aromatic rings. The van der Waals surface area contributed by atoms with E-state index in [0.29, 0.717) is 5.11 Å². The highest BCUT2D eigenvalue weighted by Gasteiger charge is 2.42. The molecule has 6 nitrogen and oxygen atoms in total. The van der Waals surface area contributed by atoms with Gasteiger partial charge in [-0.3, -0.25) is 9.78 Å². The summed E-state index contributed by atoms with van der Waals surface area (Å²) in [6.45, 7) is 5.78. The Kier molecular flexibility index (Phi) is 6.64. The van der Waals surface area contributed by atoms with Crippen molar-refractivity contribution in [1.82, 2.24) is 14.9 Å². The first-order chi connectivity index (χ1) is 17.3. The van der Waals surface area contributed by atoms with Crippen molar-refractivity contribution in [2.45, 2.75) is 32.9 Å². The van der Waals surface area contributed by atoms with Crippen LogP contribution in [0, 0.1) is 13.8 Å². The van der Waals surface area contributed by atoms with Gasteiger partial charge in [0.15, 0.2) is 5.11 Å². The summed E-state index contributed by atoms with van der Waals surface area (Å²) in [6.07, 6.45) is 1.81. The van der Waals surface area contributed by atoms with Crippen LogP contribution < -0.4 is 15.5 Å². The maximum atomic E-state index is 11.5. The van der Waals surface area contributed by atoms with Crippen LogP contribution in [0.5, 0.6) is 0 Å². The fourth-order valence-corrected chi connectivity index (χ4v) is 5.69. The third kappa shape index (κ3) is 4.54. The molecular weight excluding hydrogens is 534 g/mol. The summed E-state index contributed by atoms with van der Waals surface area (Å²) in [7, 11) is 0. The molecule has 1 amide bonds. The number of nitrogens with one attached hydrogen (secondary N) is 2. The second-order valence-electron chi connectivity index (χ2n) is 8.87. The molecule has 1 aliphatic rings. The molecule has 8 heteroatoms. The molecule has 0 bridgehead atoms. The van der Waals surface area contributed by atoms with Crippen LogP contribution in [0.4, 0.5) is 11.4 Å². The molecule has 2 aromatic heterocycles. The third-order valence-corrected chi connectivity index (χ3v) is 7.23. The molecule has 182 valence electrons. The van der Waals surface area contributed by atoms with Crippen molar-refractivity contribution >= 4 is 50.5 Å². The van der Waals surface area contributed by atoms with Gasteiger partial charge in [0, 0.05) is 46.0 Å². The van der Waals surface area contributed by atoms with Gasteiger partial charge in [-0.15, -0.1) is 0 Å². The summed E-state index contributed by atoms with van der Waals surface area (Å²) in [6, 6.07) is 24.0. The molecule has 3 heterocycles. The van der Waals surface area contributed by atoms with E-state index in [9.17, 15) is 4.79 Å². The largest absolute Gasteiger partial charge is 0.351 e. The molecular formula is C28H26BrN5OS. The van der Waals surface area contributed by atoms with E-state index in [1.54, 1.807) is 0 Å². The van der Waals surface area contributed by atoms with E-state index in [-0.39, 0.29) is 18.0 Å². The fraction of sp³-hybridized carbons (Fsp3) is 0.179. The Bertz CT molecular complexity index is 1430. The lowest BCUT2D eigenvalue weighted by Crippen LogP contribution is -2.29. The Hall–Kier alpha value is -3.49. The Morgan fingerprint density at radius 3 is 2.47 bits per heavy atom. The number of thiocarbonyl (C=S) groups is 1. The van der Waals surface area contributed by atoms with E-state index in [1.165, 1.54) is 12.5 Å². The Labute approximate surface area is 224 Å². The summed E-state index contributed by atoms with van der Waals surface area (Å²) in [5.41, 5.74) is 7.16. The molecule has 5 rings (SSSR count). The Morgan fingerprint density at radius 1 is 1.03 bits per heavy atom. The van der Waals surface area contributed by atoms with Crippen LogP contribution in [-0.4, -0.2) is 20.6 Å². The number of aromatic nitrogens is 2. The number of rotatable bonds is 5. The van der Waals surface area contributed by atoms with Gasteiger partial charge in [-0.1, -0.05) is 28.1 Å². The van der Waals surface area contributed by atoms with E-state index in [1.807, 2.05) is 60.8 Å². The number of anilines is 2. The SMILES string of the molecule is CC(=O)Nc1ccc(N2C(=S)N[C@@H](c3ccccn3)[C@@H]2c2cc(C)n(-c3cccc(Br)c3)c2C)cc1. The summed E-state index contributed by atoms with van der Waals surface area (Å²) in [5.74, 6) is -0.103. The normalized spacial score (nSPS) is 17.2. The average molecular weight is 561 g/mol. The second-order valence-corrected chi connectivity index (χ2v) is 10.2. The third-order valence-electron chi connectivity index (χ3n) is 6.42. The molecule has 1 fully saturated rings. The average Bonchev–Trinajstić information content (AvgIpc) is 3.35. The maximum Gasteiger partial charge on any atom is 0.221 e. The smallest absolute Gasteiger partial charge is 0.221 e. The molecule has 0 saturated carbocycles. The minimum Gasteiger partial charge on any atom is -0.351 e. The zero-order chi connectivity index (χ0) is 25.4. The predicted molar refractivity (Wildman–Crippen MR) is 152 cm³/mol. The first kappa shape index (κ1) is 24.2. The van der Waals surface area contributed by atoms with Crippen molar-refractivity contribution in [2.75, 3.05) is 10.2 Å². The quantitative estimate of drug-likeness (QED) is 0.277. The van der Waals surface area contributed by atoms with Crippen LogP contribution in [0.15, 0.2) is 83.5 Å². The van der Waals surface area contributed by atoms with E-state index in [2.05, 4.69) is 73.1 Å². The lowest BCUT2D eigenvalue weighted by molar-refractivity contribution is -0.114. The Balaban J connectivity index is 1.63. The molecule has 0 radical (unpaired) electrons. The highest BCUT2D eigenvalue weighted by molar-refractivity contribution is 9.10. The molecule has 2 N–H and O–H groups in total. The monoisotopic (exact) mass is 559 g/mol. The van der Waals surface area contributed by atoms with Gasteiger partial charge in [-0.05, 0) is 92.3 Å². The first-order valence-corrected chi connectivity index (χ1v) is 12.9. The number of carbonyl (C=O) groups is 1. The maximum absolute atomic E-state index is 11.5. The number of nitrogens with zero attached hydrogens (tertiary/aromatic N) is 3. The topological polar surface area (TPSA) is 62.2 Å². The van der Waals surface area contributed by atoms with Crippen molar-refractivity contribution < 1.29 is 4.79 Å². The molecule has 2 aromatic carbocycles. The van der Waals surface area contributed by atoms with Gasteiger partial charge in [0.25, 0.3) is 0 Å². The lowest BCUT2D eigenvalue weighted by Gasteiger charge is -2.28. The minimum absolute atomic E-state index is 0.103. The van der Waals surface area contributed by atoms with Crippen LogP contribution in [0.1, 0.15) is 41.7 Å². The second kappa shape index (κ2) is 9.87. The number of benzene rings is 2. The molecule has 1 aliphatic heterocycles. The van der Waals surface area contributed by atoms with Gasteiger partial charge in [-0.2, -0.15) is 0 Å².